The van der Waals surface area contributed by atoms with Crippen molar-refractivity contribution < 1.29 is 13.5 Å². The van der Waals surface area contributed by atoms with Crippen LogP contribution < -0.4 is 4.72 Å². The van der Waals surface area contributed by atoms with Gasteiger partial charge in [0, 0.05) is 0 Å². The van der Waals surface area contributed by atoms with Gasteiger partial charge in [-0.25, -0.2) is 13.1 Å². The summed E-state index contributed by atoms with van der Waals surface area (Å²) in [6, 6.07) is 4.06. The molecule has 1 unspecified atom stereocenters. The Morgan fingerprint density at radius 2 is 1.94 bits per heavy atom. The van der Waals surface area contributed by atoms with E-state index in [1.807, 2.05) is 0 Å². The van der Waals surface area contributed by atoms with Crippen molar-refractivity contribution in [3.63, 3.8) is 0 Å². The van der Waals surface area contributed by atoms with E-state index in [4.69, 9.17) is 23.2 Å². The first-order valence-electron chi connectivity index (χ1n) is 5.34. The predicted molar refractivity (Wildman–Crippen MR) is 72.6 cm³/mol. The Balaban J connectivity index is 3.10. The van der Waals surface area contributed by atoms with Gasteiger partial charge in [-0.2, -0.15) is 0 Å². The third kappa shape index (κ3) is 3.59. The van der Waals surface area contributed by atoms with Crippen LogP contribution in [0.4, 0.5) is 0 Å². The van der Waals surface area contributed by atoms with Gasteiger partial charge in [0.1, 0.15) is 0 Å². The SMILES string of the molecule is CCC(C)(CO)NS(=O)(=O)c1ccc(Cl)c(Cl)c1. The van der Waals surface area contributed by atoms with Gasteiger partial charge in [-0.15, -0.1) is 0 Å². The third-order valence-corrected chi connectivity index (χ3v) is 5.09. The van der Waals surface area contributed by atoms with Crippen molar-refractivity contribution in [1.82, 2.24) is 4.72 Å². The second kappa shape index (κ2) is 5.75. The number of hydrogen-bond acceptors (Lipinski definition) is 3. The molecule has 0 aromatic heterocycles. The van der Waals surface area contributed by atoms with E-state index in [9.17, 15) is 13.5 Å². The van der Waals surface area contributed by atoms with E-state index in [0.717, 1.165) is 0 Å². The molecule has 1 aromatic rings. The third-order valence-electron chi connectivity index (χ3n) is 2.71. The molecule has 0 aliphatic heterocycles. The van der Waals surface area contributed by atoms with Crippen LogP contribution in [0.3, 0.4) is 0 Å². The smallest absolute Gasteiger partial charge is 0.241 e. The lowest BCUT2D eigenvalue weighted by atomic mass is 10.0. The van der Waals surface area contributed by atoms with Crippen LogP contribution >= 0.6 is 23.2 Å². The first-order valence-corrected chi connectivity index (χ1v) is 7.58. The Morgan fingerprint density at radius 3 is 2.39 bits per heavy atom. The zero-order valence-electron chi connectivity index (χ0n) is 10.1. The van der Waals surface area contributed by atoms with Crippen molar-refractivity contribution in [2.45, 2.75) is 30.7 Å². The maximum Gasteiger partial charge on any atom is 0.241 e. The average Bonchev–Trinajstić information content (AvgIpc) is 2.32. The number of aliphatic hydroxyl groups excluding tert-OH is 1. The van der Waals surface area contributed by atoms with Crippen molar-refractivity contribution >= 4 is 33.2 Å². The molecule has 0 spiro atoms. The first kappa shape index (κ1) is 15.7. The van der Waals surface area contributed by atoms with Gasteiger partial charge in [-0.3, -0.25) is 0 Å². The van der Waals surface area contributed by atoms with Gasteiger partial charge in [0.05, 0.1) is 27.1 Å². The Kier molecular flexibility index (Phi) is 5.03. The molecular formula is C11H15Cl2NO3S. The van der Waals surface area contributed by atoms with Crippen LogP contribution in [0.1, 0.15) is 20.3 Å². The minimum absolute atomic E-state index is 0.0185. The maximum absolute atomic E-state index is 12.1. The fourth-order valence-corrected chi connectivity index (χ4v) is 3.10. The molecule has 0 aliphatic rings. The Morgan fingerprint density at radius 1 is 1.33 bits per heavy atom. The largest absolute Gasteiger partial charge is 0.394 e. The zero-order chi connectivity index (χ0) is 14.0. The van der Waals surface area contributed by atoms with Gasteiger partial charge in [0.25, 0.3) is 0 Å². The van der Waals surface area contributed by atoms with Crippen molar-refractivity contribution in [1.29, 1.82) is 0 Å². The van der Waals surface area contributed by atoms with Gasteiger partial charge in [0.15, 0.2) is 0 Å². The normalized spacial score (nSPS) is 15.4. The molecule has 2 N–H and O–H groups in total. The maximum atomic E-state index is 12.1. The molecule has 0 bridgehead atoms. The van der Waals surface area contributed by atoms with E-state index in [2.05, 4.69) is 4.72 Å². The summed E-state index contributed by atoms with van der Waals surface area (Å²) in [5.41, 5.74) is -0.898. The Bertz CT molecular complexity index is 527. The molecule has 0 radical (unpaired) electrons. The molecule has 102 valence electrons. The summed E-state index contributed by atoms with van der Waals surface area (Å²) in [7, 11) is -3.73. The quantitative estimate of drug-likeness (QED) is 0.877. The predicted octanol–water partition coefficient (Wildman–Crippen LogP) is 2.43. The molecule has 0 saturated heterocycles. The first-order chi connectivity index (χ1) is 8.24. The molecule has 18 heavy (non-hydrogen) atoms. The van der Waals surface area contributed by atoms with Crippen LogP contribution in [0.2, 0.25) is 10.0 Å². The highest BCUT2D eigenvalue weighted by Gasteiger charge is 2.28. The second-order valence-electron chi connectivity index (χ2n) is 4.25. The van der Waals surface area contributed by atoms with E-state index in [-0.39, 0.29) is 21.5 Å². The monoisotopic (exact) mass is 311 g/mol. The van der Waals surface area contributed by atoms with Crippen LogP contribution in [0.15, 0.2) is 23.1 Å². The van der Waals surface area contributed by atoms with Crippen molar-refractivity contribution in [3.8, 4) is 0 Å². The Labute approximate surface area is 117 Å². The Hall–Kier alpha value is -0.330. The fourth-order valence-electron chi connectivity index (χ4n) is 1.24. The summed E-state index contributed by atoms with van der Waals surface area (Å²) in [5, 5.41) is 9.68. The lowest BCUT2D eigenvalue weighted by molar-refractivity contribution is 0.191. The van der Waals surface area contributed by atoms with Crippen LogP contribution in [-0.4, -0.2) is 25.7 Å². The fraction of sp³-hybridized carbons (Fsp3) is 0.455. The highest BCUT2D eigenvalue weighted by molar-refractivity contribution is 7.89. The summed E-state index contributed by atoms with van der Waals surface area (Å²) >= 11 is 11.5. The van der Waals surface area contributed by atoms with E-state index in [0.29, 0.717) is 6.42 Å². The van der Waals surface area contributed by atoms with Crippen molar-refractivity contribution in [2.24, 2.45) is 0 Å². The molecule has 0 aliphatic carbocycles. The summed E-state index contributed by atoms with van der Waals surface area (Å²) in [6.45, 7) is 3.12. The molecule has 1 atom stereocenters. The molecule has 1 rings (SSSR count). The van der Waals surface area contributed by atoms with Crippen LogP contribution in [-0.2, 0) is 10.0 Å². The van der Waals surface area contributed by atoms with Crippen LogP contribution in [0.25, 0.3) is 0 Å². The minimum atomic E-state index is -3.73. The minimum Gasteiger partial charge on any atom is -0.394 e. The van der Waals surface area contributed by atoms with Gasteiger partial charge < -0.3 is 5.11 Å². The number of benzene rings is 1. The van der Waals surface area contributed by atoms with Crippen LogP contribution in [0.5, 0.6) is 0 Å². The second-order valence-corrected chi connectivity index (χ2v) is 6.75. The molecule has 0 heterocycles. The van der Waals surface area contributed by atoms with Gasteiger partial charge >= 0.3 is 0 Å². The summed E-state index contributed by atoms with van der Waals surface area (Å²) < 4.78 is 26.7. The van der Waals surface area contributed by atoms with Gasteiger partial charge in [-0.05, 0) is 31.5 Å². The zero-order valence-corrected chi connectivity index (χ0v) is 12.4. The van der Waals surface area contributed by atoms with E-state index < -0.39 is 15.6 Å². The number of aliphatic hydroxyl groups is 1. The average molecular weight is 312 g/mol. The number of halogens is 2. The summed E-state index contributed by atoms with van der Waals surface area (Å²) in [4.78, 5) is 0.0185. The van der Waals surface area contributed by atoms with Gasteiger partial charge in [0.2, 0.25) is 10.0 Å². The highest BCUT2D eigenvalue weighted by atomic mass is 35.5. The number of sulfonamides is 1. The molecule has 0 amide bonds. The topological polar surface area (TPSA) is 66.4 Å². The molecule has 0 fully saturated rings. The standard InChI is InChI=1S/C11H15Cl2NO3S/c1-3-11(2,7-15)14-18(16,17)8-4-5-9(12)10(13)6-8/h4-6,14-15H,3,7H2,1-2H3. The summed E-state index contributed by atoms with van der Waals surface area (Å²) in [5.74, 6) is 0. The van der Waals surface area contributed by atoms with Crippen LogP contribution in [0, 0.1) is 0 Å². The van der Waals surface area contributed by atoms with E-state index >= 15 is 0 Å². The van der Waals surface area contributed by atoms with E-state index in [1.54, 1.807) is 13.8 Å². The van der Waals surface area contributed by atoms with Gasteiger partial charge in [-0.1, -0.05) is 30.1 Å². The number of hydrogen-bond donors (Lipinski definition) is 2. The number of rotatable bonds is 5. The summed E-state index contributed by atoms with van der Waals surface area (Å²) in [6.07, 6.45) is 0.462. The lowest BCUT2D eigenvalue weighted by Gasteiger charge is -2.26. The lowest BCUT2D eigenvalue weighted by Crippen LogP contribution is -2.48. The van der Waals surface area contributed by atoms with Crippen molar-refractivity contribution in [2.75, 3.05) is 6.61 Å². The molecule has 7 heteroatoms. The number of nitrogens with one attached hydrogen (secondary N) is 1. The molecule has 4 nitrogen and oxygen atoms in total. The van der Waals surface area contributed by atoms with E-state index in [1.165, 1.54) is 18.2 Å². The van der Waals surface area contributed by atoms with Crippen molar-refractivity contribution in [3.05, 3.63) is 28.2 Å². The molecular weight excluding hydrogens is 297 g/mol. The molecule has 1 aromatic carbocycles. The molecule has 0 saturated carbocycles. The highest BCUT2D eigenvalue weighted by Crippen LogP contribution is 2.25.